The van der Waals surface area contributed by atoms with Gasteiger partial charge in [-0.05, 0) is 0 Å². The quantitative estimate of drug-likeness (QED) is 0.321. The van der Waals surface area contributed by atoms with E-state index in [0.29, 0.717) is 0 Å². The Morgan fingerprint density at radius 3 is 1.61 bits per heavy atom. The molecule has 3 aromatic rings. The van der Waals surface area contributed by atoms with Gasteiger partial charge in [-0.25, -0.2) is 0 Å². The molecule has 4 rings (SSSR count). The minimum atomic E-state index is -1.49. The van der Waals surface area contributed by atoms with Crippen LogP contribution in [0.5, 0.6) is 0 Å². The molecule has 1 unspecified atom stereocenters. The molecule has 1 aliphatic carbocycles. The molecule has 0 saturated carbocycles. The number of rotatable bonds is 6. The first kappa shape index (κ1) is 24.2. The molecular formula is C31H37SiTi. The summed E-state index contributed by atoms with van der Waals surface area (Å²) in [5, 5.41) is 8.46. The van der Waals surface area contributed by atoms with Gasteiger partial charge in [-0.3, -0.25) is 0 Å². The summed E-state index contributed by atoms with van der Waals surface area (Å²) in [4.78, 5) is 0. The van der Waals surface area contributed by atoms with Gasteiger partial charge >= 0.3 is 210 Å². The Kier molecular flexibility index (Phi) is 7.15. The normalized spacial score (nSPS) is 18.4. The number of hydrogen-bond acceptors (Lipinski definition) is 0. The molecule has 0 bridgehead atoms. The van der Waals surface area contributed by atoms with E-state index in [-0.39, 0.29) is 3.72 Å². The summed E-state index contributed by atoms with van der Waals surface area (Å²) in [7, 11) is -1.49. The summed E-state index contributed by atoms with van der Waals surface area (Å²) in [5.74, 6) is 0. The van der Waals surface area contributed by atoms with E-state index in [9.17, 15) is 0 Å². The number of hydrogen-bond donors (Lipinski definition) is 0. The molecule has 0 heterocycles. The molecule has 0 aromatic heterocycles. The molecule has 0 saturated heterocycles. The van der Waals surface area contributed by atoms with Gasteiger partial charge in [-0.15, -0.1) is 0 Å². The van der Waals surface area contributed by atoms with Gasteiger partial charge in [-0.2, -0.15) is 0 Å². The van der Waals surface area contributed by atoms with Crippen LogP contribution in [0.3, 0.4) is 0 Å². The van der Waals surface area contributed by atoms with Crippen LogP contribution in [0, 0.1) is 13.8 Å². The molecular weight excluding hydrogens is 448 g/mol. The van der Waals surface area contributed by atoms with Crippen molar-refractivity contribution in [3.05, 3.63) is 112 Å². The Hall–Kier alpha value is -1.93. The molecule has 0 fully saturated rings. The summed E-state index contributed by atoms with van der Waals surface area (Å²) in [6.45, 7) is 11.8. The van der Waals surface area contributed by atoms with Gasteiger partial charge in [-0.1, -0.05) is 0 Å². The molecule has 2 heteroatoms. The summed E-state index contributed by atoms with van der Waals surface area (Å²) >= 11 is -1.47. The summed E-state index contributed by atoms with van der Waals surface area (Å²) in [5.41, 5.74) is 10.7. The molecule has 0 aliphatic heterocycles. The first-order valence-electron chi connectivity index (χ1n) is 12.2. The number of allylic oxidation sites excluding steroid dienone is 4. The average Bonchev–Trinajstić information content (AvgIpc) is 3.00. The van der Waals surface area contributed by atoms with Gasteiger partial charge in [0.25, 0.3) is 0 Å². The van der Waals surface area contributed by atoms with Crippen LogP contribution >= 0.6 is 0 Å². The van der Waals surface area contributed by atoms with Gasteiger partial charge < -0.3 is 0 Å². The van der Waals surface area contributed by atoms with E-state index in [0.717, 1.165) is 0 Å². The maximum atomic E-state index is 2.61. The predicted octanol–water partition coefficient (Wildman–Crippen LogP) is 7.34. The Labute approximate surface area is 208 Å². The van der Waals surface area contributed by atoms with Crippen LogP contribution in [0.2, 0.25) is 20.2 Å². The van der Waals surface area contributed by atoms with Crippen molar-refractivity contribution in [3.63, 3.8) is 0 Å². The van der Waals surface area contributed by atoms with Crippen molar-refractivity contribution in [1.82, 2.24) is 0 Å². The van der Waals surface area contributed by atoms with Gasteiger partial charge in [0.1, 0.15) is 0 Å². The van der Waals surface area contributed by atoms with Crippen LogP contribution in [0.1, 0.15) is 37.5 Å². The van der Waals surface area contributed by atoms with Gasteiger partial charge in [0, 0.05) is 0 Å². The molecule has 3 aromatic carbocycles. The molecule has 0 radical (unpaired) electrons. The second-order valence-electron chi connectivity index (χ2n) is 9.99. The fourth-order valence-electron chi connectivity index (χ4n) is 6.10. The molecule has 0 N–H and O–H groups in total. The third-order valence-corrected chi connectivity index (χ3v) is 16.5. The van der Waals surface area contributed by atoms with Crippen LogP contribution in [0.25, 0.3) is 5.57 Å². The van der Waals surface area contributed by atoms with Crippen molar-refractivity contribution in [2.24, 2.45) is 0 Å². The van der Waals surface area contributed by atoms with E-state index in [4.69, 9.17) is 0 Å². The van der Waals surface area contributed by atoms with Crippen LogP contribution in [0.15, 0.2) is 95.6 Å². The van der Waals surface area contributed by atoms with E-state index in [1.807, 2.05) is 0 Å². The molecule has 0 nitrogen and oxygen atoms in total. The zero-order chi connectivity index (χ0) is 23.8. The predicted molar refractivity (Wildman–Crippen MR) is 145 cm³/mol. The number of aryl methyl sites for hydroxylation is 2. The van der Waals surface area contributed by atoms with Crippen molar-refractivity contribution < 1.29 is 17.9 Å². The fourth-order valence-corrected chi connectivity index (χ4v) is 16.0. The van der Waals surface area contributed by atoms with Crippen molar-refractivity contribution >= 4 is 24.7 Å². The van der Waals surface area contributed by atoms with Crippen LogP contribution < -0.4 is 10.4 Å². The van der Waals surface area contributed by atoms with Gasteiger partial charge in [0.05, 0.1) is 0 Å². The SMILES string of the molecule is CC1=C(C)[C](C[SiH](c2ccccc2C)c2ccccc2C)([Ti]([CH3])[CH3])C(c2ccccc2)=C1C. The molecule has 1 aliphatic rings. The van der Waals surface area contributed by atoms with E-state index >= 15 is 0 Å². The maximum absolute atomic E-state index is 2.61. The molecule has 1 atom stereocenters. The van der Waals surface area contributed by atoms with Crippen molar-refractivity contribution in [1.29, 1.82) is 0 Å². The first-order valence-corrected chi connectivity index (χ1v) is 18.0. The van der Waals surface area contributed by atoms with Crippen LogP contribution in [-0.4, -0.2) is 8.80 Å². The summed E-state index contributed by atoms with van der Waals surface area (Å²) in [6, 6.07) is 30.9. The van der Waals surface area contributed by atoms with E-state index < -0.39 is 26.7 Å². The number of benzene rings is 3. The van der Waals surface area contributed by atoms with E-state index in [1.54, 1.807) is 21.5 Å². The van der Waals surface area contributed by atoms with Gasteiger partial charge in [0.2, 0.25) is 0 Å². The minimum absolute atomic E-state index is 0.219. The third-order valence-electron chi connectivity index (χ3n) is 8.12. The second-order valence-corrected chi connectivity index (χ2v) is 17.2. The fraction of sp³-hybridized carbons (Fsp3) is 0.290. The molecule has 0 amide bonds. The van der Waals surface area contributed by atoms with E-state index in [2.05, 4.69) is 124 Å². The van der Waals surface area contributed by atoms with Crippen molar-refractivity contribution in [2.45, 2.75) is 54.8 Å². The summed E-state index contributed by atoms with van der Waals surface area (Å²) in [6.07, 6.45) is 0. The zero-order valence-corrected chi connectivity index (χ0v) is 24.0. The Morgan fingerprint density at radius 1 is 0.636 bits per heavy atom. The third kappa shape index (κ3) is 4.20. The first-order chi connectivity index (χ1) is 15.8. The second kappa shape index (κ2) is 9.74. The van der Waals surface area contributed by atoms with Crippen molar-refractivity contribution in [2.75, 3.05) is 0 Å². The average molecular weight is 486 g/mol. The Balaban J connectivity index is 1.98. The topological polar surface area (TPSA) is 0 Å². The molecule has 169 valence electrons. The Morgan fingerprint density at radius 2 is 1.12 bits per heavy atom. The van der Waals surface area contributed by atoms with E-state index in [1.165, 1.54) is 33.9 Å². The van der Waals surface area contributed by atoms with Crippen LogP contribution in [0.4, 0.5) is 0 Å². The van der Waals surface area contributed by atoms with Crippen molar-refractivity contribution in [3.8, 4) is 0 Å². The summed E-state index contributed by atoms with van der Waals surface area (Å²) < 4.78 is 0.219. The van der Waals surface area contributed by atoms with Crippen LogP contribution in [-0.2, 0) is 17.9 Å². The Bertz CT molecular complexity index is 1170. The molecule has 0 spiro atoms. The van der Waals surface area contributed by atoms with Gasteiger partial charge in [0.15, 0.2) is 0 Å². The zero-order valence-electron chi connectivity index (χ0n) is 21.3. The monoisotopic (exact) mass is 485 g/mol. The standard InChI is InChI=1S/C29H31Si.2CH3.Ti/c1-20-13-9-11-17-27(20)30(28-18-12-10-14-21(28)2)19-26-23(4)22(3)24(5)29(26)25-15-7-6-8-16-25;;;/h6-18,30H,19H2,1-5H3;2*1H3;. The molecule has 33 heavy (non-hydrogen) atoms.